The Kier molecular flexibility index (Phi) is 3.19. The molecule has 1 amide bonds. The van der Waals surface area contributed by atoms with Crippen LogP contribution in [0.5, 0.6) is 11.5 Å². The van der Waals surface area contributed by atoms with Crippen molar-refractivity contribution in [3.8, 4) is 11.5 Å². The van der Waals surface area contributed by atoms with Crippen LogP contribution >= 0.6 is 0 Å². The molecule has 0 aromatic heterocycles. The van der Waals surface area contributed by atoms with Crippen molar-refractivity contribution in [2.24, 2.45) is 5.41 Å². The molecule has 7 rings (SSSR count). The van der Waals surface area contributed by atoms with E-state index in [1.165, 1.54) is 5.56 Å². The van der Waals surface area contributed by atoms with E-state index in [9.17, 15) is 15.0 Å². The Morgan fingerprint density at radius 1 is 1.38 bits per heavy atom. The first-order valence-electron chi connectivity index (χ1n) is 10.5. The summed E-state index contributed by atoms with van der Waals surface area (Å²) < 4.78 is 6.45. The first-order chi connectivity index (χ1) is 13.8. The molecule has 2 aliphatic heterocycles. The van der Waals surface area contributed by atoms with Gasteiger partial charge in [0.05, 0.1) is 11.5 Å². The summed E-state index contributed by atoms with van der Waals surface area (Å²) in [5.41, 5.74) is 0.411. The average molecular weight is 393 g/mol. The lowest BCUT2D eigenvalue weighted by Gasteiger charge is -2.71. The third kappa shape index (κ3) is 1.70. The van der Waals surface area contributed by atoms with Gasteiger partial charge in [-0.15, -0.1) is 0 Å². The Morgan fingerprint density at radius 2 is 2.17 bits per heavy atom. The Morgan fingerprint density at radius 3 is 2.93 bits per heavy atom. The first kappa shape index (κ1) is 17.8. The van der Waals surface area contributed by atoms with E-state index in [2.05, 4.69) is 18.0 Å². The van der Waals surface area contributed by atoms with Gasteiger partial charge in [-0.05, 0) is 44.5 Å². The topological polar surface area (TPSA) is 73.2 Å². The number of phenols is 1. The number of rotatable bonds is 2. The van der Waals surface area contributed by atoms with Gasteiger partial charge in [-0.25, -0.2) is 0 Å². The maximum atomic E-state index is 12.6. The molecule has 151 valence electrons. The SMILES string of the molecule is C[B]C(=O)N(C)C1C[C@@]23C=C[C@]1(O)C1Oc4c(O)ccc5c4[C@@]12CCN(C)[C@@H]3C5. The minimum absolute atomic E-state index is 0.0943. The third-order valence-electron chi connectivity index (χ3n) is 8.78. The monoisotopic (exact) mass is 393 g/mol. The number of fused-ring (bicyclic) bond motifs is 1. The quantitative estimate of drug-likeness (QED) is 0.589. The average Bonchev–Trinajstić information content (AvgIpc) is 3.09. The lowest BCUT2D eigenvalue weighted by atomic mass is 9.38. The molecule has 1 aromatic carbocycles. The highest BCUT2D eigenvalue weighted by Gasteiger charge is 2.79. The number of ether oxygens (including phenoxy) is 1. The Hall–Kier alpha value is -1.99. The number of aromatic hydroxyl groups is 1. The highest BCUT2D eigenvalue weighted by atomic mass is 16.5. The van der Waals surface area contributed by atoms with Crippen LogP contribution in [0, 0.1) is 5.41 Å². The maximum Gasteiger partial charge on any atom is 0.229 e. The van der Waals surface area contributed by atoms with E-state index in [0.717, 1.165) is 24.9 Å². The molecule has 2 spiro atoms. The van der Waals surface area contributed by atoms with Gasteiger partial charge in [0.1, 0.15) is 11.7 Å². The smallest absolute Gasteiger partial charge is 0.229 e. The van der Waals surface area contributed by atoms with Crippen LogP contribution in [0.25, 0.3) is 0 Å². The van der Waals surface area contributed by atoms with Gasteiger partial charge in [0.2, 0.25) is 7.28 Å². The van der Waals surface area contributed by atoms with Crippen molar-refractivity contribution in [2.75, 3.05) is 20.6 Å². The minimum Gasteiger partial charge on any atom is -0.504 e. The normalized spacial score (nSPS) is 43.0. The number of benzene rings is 1. The lowest BCUT2D eigenvalue weighted by Crippen LogP contribution is -2.81. The molecule has 29 heavy (non-hydrogen) atoms. The van der Waals surface area contributed by atoms with E-state index in [1.54, 1.807) is 32.1 Å². The molecule has 2 fully saturated rings. The van der Waals surface area contributed by atoms with Crippen molar-refractivity contribution in [1.29, 1.82) is 0 Å². The molecule has 6 nitrogen and oxygen atoms in total. The number of hydrogen-bond acceptors (Lipinski definition) is 5. The third-order valence-corrected chi connectivity index (χ3v) is 8.78. The summed E-state index contributed by atoms with van der Waals surface area (Å²) in [6, 6.07) is 3.63. The van der Waals surface area contributed by atoms with E-state index in [0.29, 0.717) is 12.2 Å². The first-order valence-corrected chi connectivity index (χ1v) is 10.5. The van der Waals surface area contributed by atoms with E-state index in [-0.39, 0.29) is 34.5 Å². The number of hydrogen-bond donors (Lipinski definition) is 2. The van der Waals surface area contributed by atoms with Crippen molar-refractivity contribution in [1.82, 2.24) is 9.80 Å². The van der Waals surface area contributed by atoms with Crippen molar-refractivity contribution < 1.29 is 19.7 Å². The summed E-state index contributed by atoms with van der Waals surface area (Å²) in [5, 5.41) is 22.6. The number of carbonyl (C=O) groups excluding carboxylic acids is 1. The molecule has 1 saturated heterocycles. The second-order valence-electron chi connectivity index (χ2n) is 9.59. The van der Waals surface area contributed by atoms with Crippen molar-refractivity contribution in [3.63, 3.8) is 0 Å². The zero-order valence-corrected chi connectivity index (χ0v) is 17.1. The molecular formula is C22H26BN2O4. The molecule has 6 atom stereocenters. The fraction of sp³-hybridized carbons (Fsp3) is 0.591. The predicted octanol–water partition coefficient (Wildman–Crippen LogP) is 1.51. The molecule has 6 aliphatic rings. The van der Waals surface area contributed by atoms with E-state index in [4.69, 9.17) is 4.74 Å². The molecule has 1 aromatic rings. The molecule has 2 N–H and O–H groups in total. The van der Waals surface area contributed by atoms with E-state index in [1.807, 2.05) is 12.1 Å². The standard InChI is InChI=1S/C22H26BN2O4/c1-23-19(27)25(3)15-11-20-6-7-22(15,28)18-21(20)8-9-24(2)14(20)10-12-4-5-13(26)17(29-18)16(12)21/h4-7,14-15,18,26,28H,8-11H2,1-3H3/t14-,15?,18?,20-,21+,22-/m1/s1. The summed E-state index contributed by atoms with van der Waals surface area (Å²) in [4.78, 5) is 16.7. The molecule has 1 radical (unpaired) electrons. The van der Waals surface area contributed by atoms with Crippen molar-refractivity contribution >= 4 is 13.1 Å². The zero-order valence-electron chi connectivity index (χ0n) is 17.1. The number of piperidine rings is 1. The molecule has 2 unspecified atom stereocenters. The Labute approximate surface area is 171 Å². The summed E-state index contributed by atoms with van der Waals surface area (Å²) >= 11 is 0. The number of phenolic OH excluding ortho intramolecular Hbond substituents is 1. The predicted molar refractivity (Wildman–Crippen MR) is 109 cm³/mol. The molecule has 4 bridgehead atoms. The number of likely N-dealkylation sites (N-methyl/N-ethyl adjacent to an activating group) is 2. The Balaban J connectivity index is 1.63. The van der Waals surface area contributed by atoms with Crippen LogP contribution in [-0.2, 0) is 11.8 Å². The van der Waals surface area contributed by atoms with Gasteiger partial charge in [0, 0.05) is 24.1 Å². The van der Waals surface area contributed by atoms with Gasteiger partial charge in [0.25, 0.3) is 0 Å². The van der Waals surface area contributed by atoms with Crippen molar-refractivity contribution in [2.45, 2.75) is 55.3 Å². The highest BCUT2D eigenvalue weighted by Crippen LogP contribution is 2.73. The summed E-state index contributed by atoms with van der Waals surface area (Å²) in [5.74, 6) is 0.591. The number of nitrogens with zero attached hydrogens (tertiary/aromatic N) is 2. The molecule has 7 heteroatoms. The van der Waals surface area contributed by atoms with Crippen LogP contribution in [0.1, 0.15) is 24.0 Å². The van der Waals surface area contributed by atoms with Crippen LogP contribution in [0.2, 0.25) is 6.82 Å². The van der Waals surface area contributed by atoms with Crippen LogP contribution in [0.15, 0.2) is 24.3 Å². The number of carbonyl (C=O) groups is 1. The van der Waals surface area contributed by atoms with Gasteiger partial charge >= 0.3 is 0 Å². The van der Waals surface area contributed by atoms with E-state index < -0.39 is 11.7 Å². The summed E-state index contributed by atoms with van der Waals surface area (Å²) in [6.07, 6.45) is 6.04. The van der Waals surface area contributed by atoms with Crippen LogP contribution in [0.3, 0.4) is 0 Å². The van der Waals surface area contributed by atoms with Gasteiger partial charge in [-0.3, -0.25) is 4.79 Å². The molecular weight excluding hydrogens is 367 g/mol. The van der Waals surface area contributed by atoms with Crippen molar-refractivity contribution in [3.05, 3.63) is 35.4 Å². The number of aliphatic hydroxyl groups is 1. The Bertz CT molecular complexity index is 982. The van der Waals surface area contributed by atoms with Crippen LogP contribution in [0.4, 0.5) is 4.79 Å². The molecule has 1 saturated carbocycles. The fourth-order valence-corrected chi connectivity index (χ4v) is 7.53. The number of amides is 1. The second kappa shape index (κ2) is 5.19. The number of likely N-dealkylation sites (tertiary alicyclic amines) is 1. The second-order valence-corrected chi connectivity index (χ2v) is 9.59. The minimum atomic E-state index is -1.30. The van der Waals surface area contributed by atoms with Crippen LogP contribution < -0.4 is 4.74 Å². The van der Waals surface area contributed by atoms with Crippen LogP contribution in [-0.4, -0.2) is 77.5 Å². The highest BCUT2D eigenvalue weighted by molar-refractivity contribution is 6.72. The largest absolute Gasteiger partial charge is 0.504 e. The van der Waals surface area contributed by atoms with Gasteiger partial charge in [-0.2, -0.15) is 0 Å². The zero-order chi connectivity index (χ0) is 20.3. The van der Waals surface area contributed by atoms with Gasteiger partial charge < -0.3 is 24.7 Å². The van der Waals surface area contributed by atoms with Gasteiger partial charge in [-0.1, -0.05) is 25.0 Å². The lowest BCUT2D eigenvalue weighted by molar-refractivity contribution is -0.200. The summed E-state index contributed by atoms with van der Waals surface area (Å²) in [7, 11) is 5.50. The summed E-state index contributed by atoms with van der Waals surface area (Å²) in [6.45, 7) is 2.65. The maximum absolute atomic E-state index is 12.6. The van der Waals surface area contributed by atoms with E-state index >= 15 is 0 Å². The molecule has 4 aliphatic carbocycles. The molecule has 2 heterocycles. The van der Waals surface area contributed by atoms with Gasteiger partial charge in [0.15, 0.2) is 17.3 Å². The fourth-order valence-electron chi connectivity index (χ4n) is 7.53.